The molecule has 0 aliphatic carbocycles. The molecule has 0 saturated carbocycles. The van der Waals surface area contributed by atoms with Crippen LogP contribution in [0.5, 0.6) is 0 Å². The van der Waals surface area contributed by atoms with Crippen LogP contribution in [0, 0.1) is 13.8 Å². The van der Waals surface area contributed by atoms with Crippen LogP contribution in [0.3, 0.4) is 0 Å². The average Bonchev–Trinajstić information content (AvgIpc) is 3.38. The van der Waals surface area contributed by atoms with E-state index in [2.05, 4.69) is 144 Å². The highest BCUT2D eigenvalue weighted by Crippen LogP contribution is 2.52. The number of hydrogen-bond donors (Lipinski definition) is 0. The van der Waals surface area contributed by atoms with E-state index in [1.54, 1.807) is 0 Å². The molecule has 0 atom stereocenters. The predicted molar refractivity (Wildman–Crippen MR) is 180 cm³/mol. The first-order valence-corrected chi connectivity index (χ1v) is 16.2. The predicted octanol–water partition coefficient (Wildman–Crippen LogP) is 10.4. The first kappa shape index (κ1) is 30.8. The number of nitrogens with zero attached hydrogens (tertiary/aromatic N) is 2. The number of anilines is 1. The van der Waals surface area contributed by atoms with Crippen molar-refractivity contribution in [3.8, 4) is 0 Å². The van der Waals surface area contributed by atoms with Gasteiger partial charge in [0.15, 0.2) is 5.71 Å². The van der Waals surface area contributed by atoms with Gasteiger partial charge in [0.25, 0.3) is 0 Å². The minimum atomic E-state index is 0.0866. The van der Waals surface area contributed by atoms with Gasteiger partial charge in [-0.05, 0) is 69.7 Å². The molecule has 2 nitrogen and oxygen atoms in total. The summed E-state index contributed by atoms with van der Waals surface area (Å²) in [6, 6.07) is 14.1. The van der Waals surface area contributed by atoms with E-state index in [1.165, 1.54) is 45.0 Å². The van der Waals surface area contributed by atoms with Crippen LogP contribution in [0.15, 0.2) is 84.6 Å². The molecule has 2 aromatic rings. The highest BCUT2D eigenvalue weighted by atomic mass is 15.2. The Hall–Kier alpha value is -3.13. The van der Waals surface area contributed by atoms with Gasteiger partial charge in [-0.2, -0.15) is 4.58 Å². The SMILES string of the molecule is CCCN1C(=CC=CC=CC=CC2=[N+](CCC)c3ccc(C)cc3C2(CC)CC)C(CC)(CC)c2cc(C)ccc21. The third kappa shape index (κ3) is 5.43. The Morgan fingerprint density at radius 3 is 1.93 bits per heavy atom. The lowest BCUT2D eigenvalue weighted by molar-refractivity contribution is -0.437. The van der Waals surface area contributed by atoms with Crippen molar-refractivity contribution >= 4 is 17.1 Å². The van der Waals surface area contributed by atoms with Crippen molar-refractivity contribution in [3.63, 3.8) is 0 Å². The molecule has 0 saturated heterocycles. The van der Waals surface area contributed by atoms with Crippen molar-refractivity contribution in [2.24, 2.45) is 0 Å². The molecule has 0 spiro atoms. The van der Waals surface area contributed by atoms with E-state index in [4.69, 9.17) is 0 Å². The van der Waals surface area contributed by atoms with E-state index < -0.39 is 0 Å². The van der Waals surface area contributed by atoms with E-state index in [1.807, 2.05) is 0 Å². The van der Waals surface area contributed by atoms with Gasteiger partial charge in [-0.1, -0.05) is 101 Å². The molecular formula is C39H53N2+. The molecule has 0 aromatic heterocycles. The van der Waals surface area contributed by atoms with Crippen LogP contribution >= 0.6 is 0 Å². The van der Waals surface area contributed by atoms with Crippen molar-refractivity contribution in [1.29, 1.82) is 0 Å². The van der Waals surface area contributed by atoms with Crippen LogP contribution in [-0.4, -0.2) is 23.4 Å². The Kier molecular flexibility index (Phi) is 9.95. The second-order valence-electron chi connectivity index (χ2n) is 12.0. The lowest BCUT2D eigenvalue weighted by Crippen LogP contribution is -2.33. The lowest BCUT2D eigenvalue weighted by Gasteiger charge is -2.32. The third-order valence-corrected chi connectivity index (χ3v) is 9.74. The van der Waals surface area contributed by atoms with Crippen LogP contribution in [0.1, 0.15) is 102 Å². The average molecular weight is 550 g/mol. The molecule has 4 rings (SSSR count). The summed E-state index contributed by atoms with van der Waals surface area (Å²) >= 11 is 0. The number of allylic oxidation sites excluding steroid dienone is 8. The van der Waals surface area contributed by atoms with Gasteiger partial charge in [-0.15, -0.1) is 0 Å². The Bertz CT molecular complexity index is 1370. The Balaban J connectivity index is 1.61. The van der Waals surface area contributed by atoms with Gasteiger partial charge in [0.2, 0.25) is 5.69 Å². The van der Waals surface area contributed by atoms with E-state index in [0.29, 0.717) is 0 Å². The molecule has 2 aromatic carbocycles. The van der Waals surface area contributed by atoms with Gasteiger partial charge in [0.1, 0.15) is 6.54 Å². The van der Waals surface area contributed by atoms with Crippen LogP contribution in [0.2, 0.25) is 0 Å². The number of rotatable bonds is 12. The van der Waals surface area contributed by atoms with E-state index in [-0.39, 0.29) is 10.8 Å². The first-order valence-electron chi connectivity index (χ1n) is 16.2. The number of hydrogen-bond acceptors (Lipinski definition) is 1. The fourth-order valence-corrected chi connectivity index (χ4v) is 7.49. The second kappa shape index (κ2) is 13.2. The van der Waals surface area contributed by atoms with Crippen LogP contribution in [0.25, 0.3) is 0 Å². The van der Waals surface area contributed by atoms with Crippen LogP contribution < -0.4 is 4.90 Å². The zero-order chi connectivity index (χ0) is 29.6. The summed E-state index contributed by atoms with van der Waals surface area (Å²) in [5.41, 5.74) is 11.6. The largest absolute Gasteiger partial charge is 0.344 e. The highest BCUT2D eigenvalue weighted by Gasteiger charge is 2.48. The molecule has 0 unspecified atom stereocenters. The quantitative estimate of drug-likeness (QED) is 0.188. The molecule has 2 heteroatoms. The summed E-state index contributed by atoms with van der Waals surface area (Å²) in [5.74, 6) is 0. The fraction of sp³-hybridized carbons (Fsp3) is 0.462. The maximum Gasteiger partial charge on any atom is 0.209 e. The molecule has 2 aliphatic rings. The Labute approximate surface area is 250 Å². The maximum absolute atomic E-state index is 2.57. The molecular weight excluding hydrogens is 496 g/mol. The standard InChI is InChI=1S/C39H53N2/c1-9-26-40-34-24-22-30(7)28-32(34)38(11-3,12-4)36(40)20-18-16-15-17-19-21-37-39(13-5,14-6)33-29-31(8)23-25-35(33)41(37)27-10-2/h15-25,28-29H,9-14,26-27H2,1-8H3/q+1. The molecule has 0 bridgehead atoms. The van der Waals surface area contributed by atoms with E-state index in [9.17, 15) is 0 Å². The van der Waals surface area contributed by atoms with Crippen molar-refractivity contribution in [2.75, 3.05) is 18.0 Å². The first-order chi connectivity index (χ1) is 19.9. The smallest absolute Gasteiger partial charge is 0.209 e. The van der Waals surface area contributed by atoms with E-state index in [0.717, 1.165) is 51.6 Å². The topological polar surface area (TPSA) is 6.25 Å². The summed E-state index contributed by atoms with van der Waals surface area (Å²) in [6.07, 6.45) is 22.5. The zero-order valence-corrected chi connectivity index (χ0v) is 27.1. The Morgan fingerprint density at radius 2 is 1.29 bits per heavy atom. The molecule has 2 aliphatic heterocycles. The van der Waals surface area contributed by atoms with Crippen molar-refractivity contribution < 1.29 is 4.58 Å². The van der Waals surface area contributed by atoms with Gasteiger partial charge in [-0.3, -0.25) is 0 Å². The summed E-state index contributed by atoms with van der Waals surface area (Å²) < 4.78 is 2.57. The van der Waals surface area contributed by atoms with Gasteiger partial charge in [0, 0.05) is 47.5 Å². The van der Waals surface area contributed by atoms with Gasteiger partial charge in [-0.25, -0.2) is 0 Å². The van der Waals surface area contributed by atoms with Gasteiger partial charge < -0.3 is 4.90 Å². The van der Waals surface area contributed by atoms with Gasteiger partial charge >= 0.3 is 0 Å². The second-order valence-corrected chi connectivity index (χ2v) is 12.0. The Morgan fingerprint density at radius 1 is 0.683 bits per heavy atom. The minimum Gasteiger partial charge on any atom is -0.344 e. The van der Waals surface area contributed by atoms with E-state index >= 15 is 0 Å². The van der Waals surface area contributed by atoms with Gasteiger partial charge in [0.05, 0.1) is 5.41 Å². The molecule has 218 valence electrons. The van der Waals surface area contributed by atoms with Crippen molar-refractivity contribution in [3.05, 3.63) is 107 Å². The fourth-order valence-electron chi connectivity index (χ4n) is 7.49. The normalized spacial score (nSPS) is 18.5. The molecule has 0 amide bonds. The summed E-state index contributed by atoms with van der Waals surface area (Å²) in [5, 5.41) is 0. The summed E-state index contributed by atoms with van der Waals surface area (Å²) in [6.45, 7) is 20.5. The highest BCUT2D eigenvalue weighted by molar-refractivity contribution is 6.03. The van der Waals surface area contributed by atoms with Crippen LogP contribution in [0.4, 0.5) is 11.4 Å². The number of benzene rings is 2. The molecule has 0 radical (unpaired) electrons. The number of fused-ring (bicyclic) bond motifs is 2. The van der Waals surface area contributed by atoms with Crippen molar-refractivity contribution in [1.82, 2.24) is 0 Å². The molecule has 2 heterocycles. The molecule has 0 fully saturated rings. The lowest BCUT2D eigenvalue weighted by atomic mass is 9.73. The van der Waals surface area contributed by atoms with Crippen molar-refractivity contribution in [2.45, 2.75) is 105 Å². The van der Waals surface area contributed by atoms with Crippen LogP contribution in [-0.2, 0) is 10.8 Å². The zero-order valence-electron chi connectivity index (χ0n) is 27.1. The third-order valence-electron chi connectivity index (χ3n) is 9.74. The number of aryl methyl sites for hydroxylation is 2. The summed E-state index contributed by atoms with van der Waals surface area (Å²) in [4.78, 5) is 2.57. The molecule has 0 N–H and O–H groups in total. The minimum absolute atomic E-state index is 0.0866. The summed E-state index contributed by atoms with van der Waals surface area (Å²) in [7, 11) is 0. The monoisotopic (exact) mass is 549 g/mol. The molecule has 41 heavy (non-hydrogen) atoms. The maximum atomic E-state index is 2.57.